The maximum Gasteiger partial charge on any atom is 0.221 e. The SMILES string of the molecule is CC(C)c1ccc(-c2nc(CN3CCC[C@H](C(N)=O)C3)cs2)cc1. The van der Waals surface area contributed by atoms with Gasteiger partial charge in [0.15, 0.2) is 0 Å². The average Bonchev–Trinajstić information content (AvgIpc) is 3.03. The molecule has 1 fully saturated rings. The van der Waals surface area contributed by atoms with Crippen molar-refractivity contribution in [3.05, 3.63) is 40.9 Å². The van der Waals surface area contributed by atoms with Crippen LogP contribution in [0.3, 0.4) is 0 Å². The van der Waals surface area contributed by atoms with Crippen LogP contribution in [0.25, 0.3) is 10.6 Å². The van der Waals surface area contributed by atoms with Crippen LogP contribution in [0.5, 0.6) is 0 Å². The van der Waals surface area contributed by atoms with Crippen LogP contribution in [0.15, 0.2) is 29.6 Å². The van der Waals surface area contributed by atoms with E-state index in [1.54, 1.807) is 11.3 Å². The summed E-state index contributed by atoms with van der Waals surface area (Å²) >= 11 is 1.68. The molecule has 24 heavy (non-hydrogen) atoms. The highest BCUT2D eigenvalue weighted by molar-refractivity contribution is 7.13. The summed E-state index contributed by atoms with van der Waals surface area (Å²) < 4.78 is 0. The van der Waals surface area contributed by atoms with E-state index in [1.165, 1.54) is 11.1 Å². The molecule has 1 aromatic heterocycles. The molecule has 0 radical (unpaired) electrons. The van der Waals surface area contributed by atoms with Crippen molar-refractivity contribution in [2.24, 2.45) is 11.7 Å². The first-order valence-electron chi connectivity index (χ1n) is 8.59. The van der Waals surface area contributed by atoms with E-state index in [2.05, 4.69) is 48.4 Å². The predicted octanol–water partition coefficient (Wildman–Crippen LogP) is 3.63. The fourth-order valence-corrected chi connectivity index (χ4v) is 4.00. The molecule has 1 aromatic carbocycles. The number of primary amides is 1. The lowest BCUT2D eigenvalue weighted by Gasteiger charge is -2.30. The molecule has 1 aliphatic heterocycles. The molecule has 2 aromatic rings. The Balaban J connectivity index is 1.66. The van der Waals surface area contributed by atoms with Crippen LogP contribution in [-0.4, -0.2) is 28.9 Å². The lowest BCUT2D eigenvalue weighted by molar-refractivity contribution is -0.123. The number of hydrogen-bond acceptors (Lipinski definition) is 4. The Morgan fingerprint density at radius 3 is 2.79 bits per heavy atom. The number of benzene rings is 1. The quantitative estimate of drug-likeness (QED) is 0.902. The summed E-state index contributed by atoms with van der Waals surface area (Å²) in [5, 5.41) is 3.18. The highest BCUT2D eigenvalue weighted by atomic mass is 32.1. The highest BCUT2D eigenvalue weighted by Gasteiger charge is 2.24. The zero-order valence-corrected chi connectivity index (χ0v) is 15.2. The fourth-order valence-electron chi connectivity index (χ4n) is 3.18. The van der Waals surface area contributed by atoms with Gasteiger partial charge in [0.2, 0.25) is 5.91 Å². The number of carbonyl (C=O) groups is 1. The molecular weight excluding hydrogens is 318 g/mol. The van der Waals surface area contributed by atoms with Crippen molar-refractivity contribution in [3.8, 4) is 10.6 Å². The molecule has 1 amide bonds. The van der Waals surface area contributed by atoms with Crippen LogP contribution >= 0.6 is 11.3 Å². The Bertz CT molecular complexity index is 693. The molecule has 1 saturated heterocycles. The van der Waals surface area contributed by atoms with E-state index in [0.717, 1.165) is 43.2 Å². The Morgan fingerprint density at radius 1 is 1.38 bits per heavy atom. The molecule has 2 heterocycles. The average molecular weight is 343 g/mol. The van der Waals surface area contributed by atoms with Gasteiger partial charge in [-0.3, -0.25) is 9.69 Å². The molecule has 0 unspecified atom stereocenters. The normalized spacial score (nSPS) is 18.9. The minimum atomic E-state index is -0.177. The minimum absolute atomic E-state index is 0.0135. The third kappa shape index (κ3) is 4.02. The second kappa shape index (κ2) is 7.45. The lowest BCUT2D eigenvalue weighted by Crippen LogP contribution is -2.40. The van der Waals surface area contributed by atoms with Gasteiger partial charge in [-0.15, -0.1) is 11.3 Å². The highest BCUT2D eigenvalue weighted by Crippen LogP contribution is 2.27. The molecule has 128 valence electrons. The maximum absolute atomic E-state index is 11.4. The van der Waals surface area contributed by atoms with Crippen molar-refractivity contribution in [1.82, 2.24) is 9.88 Å². The van der Waals surface area contributed by atoms with Gasteiger partial charge >= 0.3 is 0 Å². The first kappa shape index (κ1) is 17.1. The topological polar surface area (TPSA) is 59.2 Å². The summed E-state index contributed by atoms with van der Waals surface area (Å²) in [6, 6.07) is 8.68. The van der Waals surface area contributed by atoms with Crippen LogP contribution < -0.4 is 5.73 Å². The van der Waals surface area contributed by atoms with Crippen molar-refractivity contribution >= 4 is 17.2 Å². The molecule has 2 N–H and O–H groups in total. The molecule has 1 atom stereocenters. The summed E-state index contributed by atoms with van der Waals surface area (Å²) in [4.78, 5) is 18.5. The van der Waals surface area contributed by atoms with E-state index in [-0.39, 0.29) is 11.8 Å². The summed E-state index contributed by atoms with van der Waals surface area (Å²) in [5.74, 6) is 0.354. The van der Waals surface area contributed by atoms with Crippen molar-refractivity contribution in [2.75, 3.05) is 13.1 Å². The molecule has 1 aliphatic rings. The lowest BCUT2D eigenvalue weighted by atomic mass is 9.97. The molecule has 0 aliphatic carbocycles. The van der Waals surface area contributed by atoms with Gasteiger partial charge in [0.25, 0.3) is 0 Å². The number of amides is 1. The molecule has 0 bridgehead atoms. The molecular formula is C19H25N3OS. The van der Waals surface area contributed by atoms with Crippen LogP contribution in [0.2, 0.25) is 0 Å². The number of aromatic nitrogens is 1. The second-order valence-electron chi connectivity index (χ2n) is 6.90. The number of nitrogens with two attached hydrogens (primary N) is 1. The monoisotopic (exact) mass is 343 g/mol. The van der Waals surface area contributed by atoms with Gasteiger partial charge in [-0.05, 0) is 30.9 Å². The standard InChI is InChI=1S/C19H25N3OS/c1-13(2)14-5-7-15(8-6-14)19-21-17(12-24-19)11-22-9-3-4-16(10-22)18(20)23/h5-8,12-13,16H,3-4,9-11H2,1-2H3,(H2,20,23)/t16-/m0/s1. The summed E-state index contributed by atoms with van der Waals surface area (Å²) in [5.41, 5.74) is 9.05. The third-order valence-electron chi connectivity index (χ3n) is 4.67. The van der Waals surface area contributed by atoms with Gasteiger partial charge in [0.05, 0.1) is 11.6 Å². The maximum atomic E-state index is 11.4. The van der Waals surface area contributed by atoms with Crippen molar-refractivity contribution in [2.45, 2.75) is 39.2 Å². The largest absolute Gasteiger partial charge is 0.369 e. The number of thiazole rings is 1. The van der Waals surface area contributed by atoms with Crippen molar-refractivity contribution in [3.63, 3.8) is 0 Å². The molecule has 5 heteroatoms. The van der Waals surface area contributed by atoms with Gasteiger partial charge in [0, 0.05) is 24.0 Å². The van der Waals surface area contributed by atoms with E-state index in [4.69, 9.17) is 10.7 Å². The van der Waals surface area contributed by atoms with E-state index in [1.807, 2.05) is 0 Å². The van der Waals surface area contributed by atoms with Gasteiger partial charge in [-0.2, -0.15) is 0 Å². The zero-order valence-electron chi connectivity index (χ0n) is 14.4. The van der Waals surface area contributed by atoms with E-state index in [9.17, 15) is 4.79 Å². The Labute approximate surface area is 147 Å². The van der Waals surface area contributed by atoms with E-state index < -0.39 is 0 Å². The summed E-state index contributed by atoms with van der Waals surface area (Å²) in [6.07, 6.45) is 1.94. The third-order valence-corrected chi connectivity index (χ3v) is 5.61. The summed E-state index contributed by atoms with van der Waals surface area (Å²) in [6.45, 7) is 6.97. The molecule has 4 nitrogen and oxygen atoms in total. The molecule has 0 spiro atoms. The molecule has 0 saturated carbocycles. The van der Waals surface area contributed by atoms with Crippen molar-refractivity contribution < 1.29 is 4.79 Å². The summed E-state index contributed by atoms with van der Waals surface area (Å²) in [7, 11) is 0. The van der Waals surface area contributed by atoms with Gasteiger partial charge in [-0.25, -0.2) is 4.98 Å². The first-order chi connectivity index (χ1) is 11.5. The fraction of sp³-hybridized carbons (Fsp3) is 0.474. The van der Waals surface area contributed by atoms with Crippen LogP contribution in [0, 0.1) is 5.92 Å². The number of hydrogen-bond donors (Lipinski definition) is 1. The number of rotatable bonds is 5. The predicted molar refractivity (Wildman–Crippen MR) is 98.8 cm³/mol. The number of likely N-dealkylation sites (tertiary alicyclic amines) is 1. The van der Waals surface area contributed by atoms with Crippen LogP contribution in [0.1, 0.15) is 43.9 Å². The minimum Gasteiger partial charge on any atom is -0.369 e. The number of piperidine rings is 1. The second-order valence-corrected chi connectivity index (χ2v) is 7.76. The van der Waals surface area contributed by atoms with E-state index in [0.29, 0.717) is 5.92 Å². The number of nitrogens with zero attached hydrogens (tertiary/aromatic N) is 2. The van der Waals surface area contributed by atoms with Gasteiger partial charge in [-0.1, -0.05) is 38.1 Å². The Kier molecular flexibility index (Phi) is 5.31. The zero-order chi connectivity index (χ0) is 17.1. The van der Waals surface area contributed by atoms with Crippen LogP contribution in [-0.2, 0) is 11.3 Å². The Morgan fingerprint density at radius 2 is 2.12 bits per heavy atom. The molecule has 3 rings (SSSR count). The van der Waals surface area contributed by atoms with Crippen molar-refractivity contribution in [1.29, 1.82) is 0 Å². The Hall–Kier alpha value is -1.72. The van der Waals surface area contributed by atoms with Crippen LogP contribution in [0.4, 0.5) is 0 Å². The van der Waals surface area contributed by atoms with Gasteiger partial charge < -0.3 is 5.73 Å². The van der Waals surface area contributed by atoms with Gasteiger partial charge in [0.1, 0.15) is 5.01 Å². The number of carbonyl (C=O) groups excluding carboxylic acids is 1. The van der Waals surface area contributed by atoms with E-state index >= 15 is 0 Å². The smallest absolute Gasteiger partial charge is 0.221 e. The first-order valence-corrected chi connectivity index (χ1v) is 9.47.